The maximum atomic E-state index is 12.6. The van der Waals surface area contributed by atoms with E-state index in [1.807, 2.05) is 6.07 Å². The van der Waals surface area contributed by atoms with E-state index < -0.39 is 19.9 Å². The molecule has 0 unspecified atom stereocenters. The molecule has 140 valence electrons. The SMILES string of the molecule is CS(=O)(=O)Nc1ccc(S(=O)(=O)Cc2ccc3oc(CC#N)nc3c2)cc1. The number of nitrogens with one attached hydrogen (secondary N) is 1. The van der Waals surface area contributed by atoms with Gasteiger partial charge in [-0.2, -0.15) is 5.26 Å². The van der Waals surface area contributed by atoms with E-state index in [4.69, 9.17) is 9.68 Å². The van der Waals surface area contributed by atoms with Crippen LogP contribution in [0.1, 0.15) is 11.5 Å². The summed E-state index contributed by atoms with van der Waals surface area (Å²) in [5.74, 6) is 0.0314. The van der Waals surface area contributed by atoms with E-state index in [1.165, 1.54) is 24.3 Å². The van der Waals surface area contributed by atoms with Crippen molar-refractivity contribution in [1.82, 2.24) is 4.98 Å². The van der Waals surface area contributed by atoms with Gasteiger partial charge in [0.05, 0.1) is 23.0 Å². The fourth-order valence-corrected chi connectivity index (χ4v) is 4.40. The van der Waals surface area contributed by atoms with Crippen molar-refractivity contribution in [3.63, 3.8) is 0 Å². The van der Waals surface area contributed by atoms with E-state index >= 15 is 0 Å². The van der Waals surface area contributed by atoms with Crippen LogP contribution in [-0.4, -0.2) is 28.1 Å². The van der Waals surface area contributed by atoms with Crippen LogP contribution in [0.25, 0.3) is 11.1 Å². The Kier molecular flexibility index (Phi) is 4.91. The first kappa shape index (κ1) is 18.9. The second kappa shape index (κ2) is 7.02. The first-order valence-corrected chi connectivity index (χ1v) is 11.3. The van der Waals surface area contributed by atoms with Gasteiger partial charge in [0.25, 0.3) is 0 Å². The molecule has 0 saturated heterocycles. The van der Waals surface area contributed by atoms with Crippen LogP contribution in [0.3, 0.4) is 0 Å². The van der Waals surface area contributed by atoms with Crippen molar-refractivity contribution in [3.05, 3.63) is 53.9 Å². The quantitative estimate of drug-likeness (QED) is 0.665. The zero-order valence-electron chi connectivity index (χ0n) is 14.2. The van der Waals surface area contributed by atoms with Crippen molar-refractivity contribution in [2.75, 3.05) is 11.0 Å². The number of aromatic nitrogens is 1. The molecular formula is C17H15N3O5S2. The van der Waals surface area contributed by atoms with Gasteiger partial charge in [0.1, 0.15) is 11.9 Å². The number of hydrogen-bond acceptors (Lipinski definition) is 7. The summed E-state index contributed by atoms with van der Waals surface area (Å²) in [6, 6.07) is 12.3. The van der Waals surface area contributed by atoms with Crippen LogP contribution in [0.4, 0.5) is 5.69 Å². The summed E-state index contributed by atoms with van der Waals surface area (Å²) in [6.45, 7) is 0. The van der Waals surface area contributed by atoms with E-state index in [0.29, 0.717) is 16.7 Å². The molecule has 1 heterocycles. The summed E-state index contributed by atoms with van der Waals surface area (Å²) in [5, 5.41) is 8.69. The number of nitrogens with zero attached hydrogens (tertiary/aromatic N) is 2. The minimum absolute atomic E-state index is 0.0379. The lowest BCUT2D eigenvalue weighted by atomic mass is 10.2. The Labute approximate surface area is 156 Å². The Morgan fingerprint density at radius 3 is 2.44 bits per heavy atom. The van der Waals surface area contributed by atoms with Crippen LogP contribution >= 0.6 is 0 Å². The Morgan fingerprint density at radius 2 is 1.81 bits per heavy atom. The fraction of sp³-hybridized carbons (Fsp3) is 0.176. The van der Waals surface area contributed by atoms with Gasteiger partial charge in [0.15, 0.2) is 15.4 Å². The number of benzene rings is 2. The molecule has 1 N–H and O–H groups in total. The molecule has 3 aromatic rings. The third-order valence-electron chi connectivity index (χ3n) is 3.60. The third kappa shape index (κ3) is 4.64. The highest BCUT2D eigenvalue weighted by Gasteiger charge is 2.17. The average molecular weight is 405 g/mol. The van der Waals surface area contributed by atoms with Gasteiger partial charge < -0.3 is 4.42 Å². The predicted molar refractivity (Wildman–Crippen MR) is 99.1 cm³/mol. The molecular weight excluding hydrogens is 390 g/mol. The van der Waals surface area contributed by atoms with Crippen LogP contribution in [-0.2, 0) is 32.0 Å². The van der Waals surface area contributed by atoms with Crippen LogP contribution in [0.2, 0.25) is 0 Å². The molecule has 1 aromatic heterocycles. The fourth-order valence-electron chi connectivity index (χ4n) is 2.50. The molecule has 10 heteroatoms. The number of sulfone groups is 1. The molecule has 0 spiro atoms. The molecule has 0 fully saturated rings. The van der Waals surface area contributed by atoms with Crippen molar-refractivity contribution in [2.24, 2.45) is 0 Å². The molecule has 8 nitrogen and oxygen atoms in total. The van der Waals surface area contributed by atoms with Crippen molar-refractivity contribution in [1.29, 1.82) is 5.26 Å². The predicted octanol–water partition coefficient (Wildman–Crippen LogP) is 2.24. The lowest BCUT2D eigenvalue weighted by molar-refractivity contribution is 0.548. The van der Waals surface area contributed by atoms with Gasteiger partial charge >= 0.3 is 0 Å². The van der Waals surface area contributed by atoms with Gasteiger partial charge in [0.2, 0.25) is 15.9 Å². The Hall–Kier alpha value is -2.90. The van der Waals surface area contributed by atoms with Gasteiger partial charge in [-0.15, -0.1) is 0 Å². The van der Waals surface area contributed by atoms with Crippen molar-refractivity contribution in [2.45, 2.75) is 17.1 Å². The molecule has 0 saturated carbocycles. The Bertz CT molecular complexity index is 1240. The molecule has 2 aromatic carbocycles. The van der Waals surface area contributed by atoms with E-state index in [1.54, 1.807) is 18.2 Å². The van der Waals surface area contributed by atoms with Crippen LogP contribution in [0, 0.1) is 11.3 Å². The number of anilines is 1. The minimum Gasteiger partial charge on any atom is -0.440 e. The van der Waals surface area contributed by atoms with Gasteiger partial charge in [-0.05, 0) is 42.0 Å². The smallest absolute Gasteiger partial charge is 0.229 e. The van der Waals surface area contributed by atoms with Gasteiger partial charge in [-0.25, -0.2) is 21.8 Å². The van der Waals surface area contributed by atoms with Crippen LogP contribution < -0.4 is 4.72 Å². The van der Waals surface area contributed by atoms with E-state index in [2.05, 4.69) is 9.71 Å². The first-order chi connectivity index (χ1) is 12.7. The Morgan fingerprint density at radius 1 is 1.11 bits per heavy atom. The highest BCUT2D eigenvalue weighted by atomic mass is 32.2. The molecule has 0 aliphatic rings. The minimum atomic E-state index is -3.63. The number of oxazole rings is 1. The molecule has 0 amide bonds. The van der Waals surface area contributed by atoms with Crippen molar-refractivity contribution < 1.29 is 21.3 Å². The van der Waals surface area contributed by atoms with Gasteiger partial charge in [-0.1, -0.05) is 6.07 Å². The lowest BCUT2D eigenvalue weighted by Gasteiger charge is -2.07. The lowest BCUT2D eigenvalue weighted by Crippen LogP contribution is -2.10. The van der Waals surface area contributed by atoms with Gasteiger partial charge in [0, 0.05) is 5.69 Å². The average Bonchev–Trinajstić information content (AvgIpc) is 2.95. The largest absolute Gasteiger partial charge is 0.440 e. The second-order valence-corrected chi connectivity index (χ2v) is 9.64. The molecule has 0 radical (unpaired) electrons. The van der Waals surface area contributed by atoms with Crippen LogP contribution in [0.5, 0.6) is 0 Å². The molecule has 0 aliphatic carbocycles. The molecule has 3 rings (SSSR count). The summed E-state index contributed by atoms with van der Waals surface area (Å²) in [6.07, 6.45) is 1.05. The summed E-state index contributed by atoms with van der Waals surface area (Å²) in [5.41, 5.74) is 1.78. The van der Waals surface area contributed by atoms with Crippen LogP contribution in [0.15, 0.2) is 51.8 Å². The third-order valence-corrected chi connectivity index (χ3v) is 5.91. The maximum Gasteiger partial charge on any atom is 0.229 e. The van der Waals surface area contributed by atoms with E-state index in [-0.39, 0.29) is 28.6 Å². The topological polar surface area (TPSA) is 130 Å². The summed E-state index contributed by atoms with van der Waals surface area (Å²) in [7, 11) is -7.07. The van der Waals surface area contributed by atoms with Crippen molar-refractivity contribution in [3.8, 4) is 6.07 Å². The van der Waals surface area contributed by atoms with E-state index in [0.717, 1.165) is 6.26 Å². The number of hydrogen-bond donors (Lipinski definition) is 1. The zero-order valence-corrected chi connectivity index (χ0v) is 15.8. The number of nitriles is 1. The summed E-state index contributed by atoms with van der Waals surface area (Å²) < 4.78 is 55.3. The Balaban J connectivity index is 1.83. The molecule has 0 atom stereocenters. The highest BCUT2D eigenvalue weighted by Crippen LogP contribution is 2.22. The number of fused-ring (bicyclic) bond motifs is 1. The van der Waals surface area contributed by atoms with Crippen molar-refractivity contribution >= 4 is 36.6 Å². The molecule has 0 aliphatic heterocycles. The second-order valence-electron chi connectivity index (χ2n) is 5.90. The zero-order chi connectivity index (χ0) is 19.7. The summed E-state index contributed by atoms with van der Waals surface area (Å²) in [4.78, 5) is 4.24. The first-order valence-electron chi connectivity index (χ1n) is 7.72. The highest BCUT2D eigenvalue weighted by molar-refractivity contribution is 7.92. The van der Waals surface area contributed by atoms with E-state index in [9.17, 15) is 16.8 Å². The summed E-state index contributed by atoms with van der Waals surface area (Å²) >= 11 is 0. The van der Waals surface area contributed by atoms with Gasteiger partial charge in [-0.3, -0.25) is 4.72 Å². The monoisotopic (exact) mass is 405 g/mol. The molecule has 0 bridgehead atoms. The number of sulfonamides is 1. The molecule has 27 heavy (non-hydrogen) atoms. The normalized spacial score (nSPS) is 12.0. The standard InChI is InChI=1S/C17H15N3O5S2/c1-26(21,22)20-13-3-5-14(6-4-13)27(23,24)11-12-2-7-16-15(10-12)19-17(25-16)8-9-18/h2-7,10,20H,8,11H2,1H3. The number of rotatable bonds is 6. The maximum absolute atomic E-state index is 12.6.